The molecule has 0 spiro atoms. The standard InChI is InChI=1S/C12H15NO6S/c1-18-8-9-19-13-20(16,17)11-5-2-10(3-6-11)4-7-12(14)15/h2-7,13H,8-9H2,1H3,(H,14,15)/b7-4+. The van der Waals surface area contributed by atoms with E-state index in [0.717, 1.165) is 6.08 Å². The number of carbonyl (C=O) groups is 1. The maximum absolute atomic E-state index is 11.8. The van der Waals surface area contributed by atoms with E-state index in [2.05, 4.69) is 0 Å². The Kier molecular flexibility index (Phi) is 6.32. The Morgan fingerprint density at radius 3 is 2.50 bits per heavy atom. The molecule has 0 fully saturated rings. The van der Waals surface area contributed by atoms with E-state index in [0.29, 0.717) is 5.56 Å². The van der Waals surface area contributed by atoms with Gasteiger partial charge in [-0.15, -0.1) is 0 Å². The van der Waals surface area contributed by atoms with Crippen molar-refractivity contribution in [3.05, 3.63) is 35.9 Å². The highest BCUT2D eigenvalue weighted by Gasteiger charge is 2.13. The zero-order chi connectivity index (χ0) is 15.0. The number of ether oxygens (including phenoxy) is 1. The molecule has 0 heterocycles. The lowest BCUT2D eigenvalue weighted by molar-refractivity contribution is -0.131. The Morgan fingerprint density at radius 2 is 1.95 bits per heavy atom. The fraction of sp³-hybridized carbons (Fsp3) is 0.250. The van der Waals surface area contributed by atoms with Gasteiger partial charge in [0, 0.05) is 13.2 Å². The largest absolute Gasteiger partial charge is 0.478 e. The maximum atomic E-state index is 11.8. The van der Waals surface area contributed by atoms with Crippen molar-refractivity contribution in [1.82, 2.24) is 4.89 Å². The van der Waals surface area contributed by atoms with Crippen molar-refractivity contribution >= 4 is 22.1 Å². The predicted molar refractivity (Wildman–Crippen MR) is 71.3 cm³/mol. The number of rotatable bonds is 8. The van der Waals surface area contributed by atoms with Crippen LogP contribution in [0.2, 0.25) is 0 Å². The quantitative estimate of drug-likeness (QED) is 0.415. The average molecular weight is 301 g/mol. The summed E-state index contributed by atoms with van der Waals surface area (Å²) in [6.45, 7) is 0.358. The molecular weight excluding hydrogens is 286 g/mol. The van der Waals surface area contributed by atoms with E-state index in [4.69, 9.17) is 14.7 Å². The second-order valence-electron chi connectivity index (χ2n) is 3.67. The van der Waals surface area contributed by atoms with Crippen molar-refractivity contribution < 1.29 is 27.9 Å². The number of aliphatic carboxylic acids is 1. The zero-order valence-corrected chi connectivity index (χ0v) is 11.6. The number of benzene rings is 1. The van der Waals surface area contributed by atoms with Crippen LogP contribution in [0.1, 0.15) is 5.56 Å². The van der Waals surface area contributed by atoms with Crippen LogP contribution in [0.15, 0.2) is 35.2 Å². The summed E-state index contributed by atoms with van der Waals surface area (Å²) in [5.41, 5.74) is 0.576. The van der Waals surface area contributed by atoms with Crippen LogP contribution in [-0.2, 0) is 24.4 Å². The van der Waals surface area contributed by atoms with E-state index >= 15 is 0 Å². The van der Waals surface area contributed by atoms with Gasteiger partial charge in [0.2, 0.25) is 0 Å². The molecule has 8 heteroatoms. The maximum Gasteiger partial charge on any atom is 0.328 e. The van der Waals surface area contributed by atoms with E-state index in [1.54, 1.807) is 0 Å². The molecule has 2 N–H and O–H groups in total. The van der Waals surface area contributed by atoms with Crippen molar-refractivity contribution in [2.45, 2.75) is 4.90 Å². The molecule has 0 aliphatic heterocycles. The minimum atomic E-state index is -3.76. The molecule has 0 saturated carbocycles. The molecule has 0 saturated heterocycles. The van der Waals surface area contributed by atoms with Crippen LogP contribution in [0, 0.1) is 0 Å². The first kappa shape index (κ1) is 16.3. The molecule has 20 heavy (non-hydrogen) atoms. The molecule has 0 atom stereocenters. The van der Waals surface area contributed by atoms with Crippen LogP contribution in [-0.4, -0.2) is 39.8 Å². The van der Waals surface area contributed by atoms with Crippen molar-refractivity contribution in [3.8, 4) is 0 Å². The number of hydrogen-bond acceptors (Lipinski definition) is 5. The second kappa shape index (κ2) is 7.75. The fourth-order valence-electron chi connectivity index (χ4n) is 1.22. The first-order valence-electron chi connectivity index (χ1n) is 5.59. The van der Waals surface area contributed by atoms with Crippen LogP contribution >= 0.6 is 0 Å². The smallest absolute Gasteiger partial charge is 0.328 e. The van der Waals surface area contributed by atoms with Crippen molar-refractivity contribution in [1.29, 1.82) is 0 Å². The summed E-state index contributed by atoms with van der Waals surface area (Å²) in [5.74, 6) is -1.07. The van der Waals surface area contributed by atoms with Gasteiger partial charge in [-0.1, -0.05) is 17.0 Å². The van der Waals surface area contributed by atoms with E-state index in [-0.39, 0.29) is 18.1 Å². The summed E-state index contributed by atoms with van der Waals surface area (Å²) < 4.78 is 28.3. The van der Waals surface area contributed by atoms with Crippen LogP contribution in [0.3, 0.4) is 0 Å². The highest BCUT2D eigenvalue weighted by atomic mass is 32.2. The minimum Gasteiger partial charge on any atom is -0.478 e. The van der Waals surface area contributed by atoms with E-state index in [9.17, 15) is 13.2 Å². The van der Waals surface area contributed by atoms with Crippen LogP contribution in [0.25, 0.3) is 6.08 Å². The van der Waals surface area contributed by atoms with Crippen molar-refractivity contribution in [3.63, 3.8) is 0 Å². The van der Waals surface area contributed by atoms with Gasteiger partial charge in [0.05, 0.1) is 18.1 Å². The van der Waals surface area contributed by atoms with E-state index in [1.807, 2.05) is 4.89 Å². The molecule has 1 aromatic rings. The molecule has 0 amide bonds. The summed E-state index contributed by atoms with van der Waals surface area (Å²) in [7, 11) is -2.28. The summed E-state index contributed by atoms with van der Waals surface area (Å²) in [6.07, 6.45) is 2.33. The molecule has 0 aromatic heterocycles. The topological polar surface area (TPSA) is 102 Å². The monoisotopic (exact) mass is 301 g/mol. The number of carboxylic acids is 1. The molecule has 0 aliphatic carbocycles. The van der Waals surface area contributed by atoms with E-state index in [1.165, 1.54) is 37.5 Å². The third-order valence-corrected chi connectivity index (χ3v) is 3.40. The van der Waals surface area contributed by atoms with Gasteiger partial charge >= 0.3 is 5.97 Å². The molecule has 0 bridgehead atoms. The summed E-state index contributed by atoms with van der Waals surface area (Å²) in [6, 6.07) is 5.68. The number of methoxy groups -OCH3 is 1. The fourth-order valence-corrected chi connectivity index (χ4v) is 2.05. The number of hydrogen-bond donors (Lipinski definition) is 2. The van der Waals surface area contributed by atoms with Crippen molar-refractivity contribution in [2.24, 2.45) is 0 Å². The molecule has 0 aliphatic rings. The van der Waals surface area contributed by atoms with Gasteiger partial charge in [0.25, 0.3) is 10.0 Å². The number of carboxylic acid groups (broad SMARTS) is 1. The number of nitrogens with one attached hydrogen (secondary N) is 1. The molecule has 1 aromatic carbocycles. The van der Waals surface area contributed by atoms with Gasteiger partial charge in [0.15, 0.2) is 0 Å². The summed E-state index contributed by atoms with van der Waals surface area (Å²) in [4.78, 5) is 17.1. The second-order valence-corrected chi connectivity index (χ2v) is 5.31. The SMILES string of the molecule is COCCONS(=O)(=O)c1ccc(/C=C/C(=O)O)cc1. The van der Waals surface area contributed by atoms with Gasteiger partial charge in [-0.05, 0) is 23.8 Å². The molecule has 110 valence electrons. The highest BCUT2D eigenvalue weighted by Crippen LogP contribution is 2.11. The van der Waals surface area contributed by atoms with Crippen LogP contribution in [0.5, 0.6) is 0 Å². The first-order valence-corrected chi connectivity index (χ1v) is 7.07. The third kappa shape index (κ3) is 5.49. The Bertz CT molecular complexity index is 564. The zero-order valence-electron chi connectivity index (χ0n) is 10.8. The van der Waals surface area contributed by atoms with Gasteiger partial charge in [0.1, 0.15) is 0 Å². The third-order valence-electron chi connectivity index (χ3n) is 2.17. The molecular formula is C12H15NO6S. The molecule has 1 rings (SSSR count). The lowest BCUT2D eigenvalue weighted by Gasteiger charge is -2.07. The van der Waals surface area contributed by atoms with Gasteiger partial charge in [-0.3, -0.25) is 4.84 Å². The van der Waals surface area contributed by atoms with Crippen LogP contribution < -0.4 is 4.89 Å². The van der Waals surface area contributed by atoms with Crippen molar-refractivity contribution in [2.75, 3.05) is 20.3 Å². The minimum absolute atomic E-state index is 0.0161. The Balaban J connectivity index is 2.69. The van der Waals surface area contributed by atoms with Crippen LogP contribution in [0.4, 0.5) is 0 Å². The Labute approximate surface area is 116 Å². The van der Waals surface area contributed by atoms with Gasteiger partial charge < -0.3 is 9.84 Å². The average Bonchev–Trinajstić information content (AvgIpc) is 2.42. The normalized spacial score (nSPS) is 11.8. The summed E-state index contributed by atoms with van der Waals surface area (Å²) in [5, 5.41) is 8.48. The molecule has 0 unspecified atom stereocenters. The Morgan fingerprint density at radius 1 is 1.30 bits per heavy atom. The Hall–Kier alpha value is -1.74. The molecule has 7 nitrogen and oxygen atoms in total. The summed E-state index contributed by atoms with van der Waals surface area (Å²) >= 11 is 0. The lowest BCUT2D eigenvalue weighted by Crippen LogP contribution is -2.25. The number of sulfonamides is 1. The molecule has 0 radical (unpaired) electrons. The predicted octanol–water partition coefficient (Wildman–Crippen LogP) is 0.641. The first-order chi connectivity index (χ1) is 9.45. The van der Waals surface area contributed by atoms with Gasteiger partial charge in [-0.2, -0.15) is 0 Å². The van der Waals surface area contributed by atoms with E-state index < -0.39 is 16.0 Å². The lowest BCUT2D eigenvalue weighted by atomic mass is 10.2. The highest BCUT2D eigenvalue weighted by molar-refractivity contribution is 7.89. The van der Waals surface area contributed by atoms with Gasteiger partial charge in [-0.25, -0.2) is 13.2 Å².